The van der Waals surface area contributed by atoms with Crippen LogP contribution < -0.4 is 0 Å². The summed E-state index contributed by atoms with van der Waals surface area (Å²) in [6.45, 7) is 6.56. The van der Waals surface area contributed by atoms with E-state index in [-0.39, 0.29) is 11.3 Å². The standard InChI is InChI=1S/C13H20N2O/c1-13(2,3)12(16)15(4)9-7-11-6-5-8-14-10-11/h5-6,8,10H,7,9H2,1-4H3. The van der Waals surface area contributed by atoms with E-state index in [2.05, 4.69) is 4.98 Å². The van der Waals surface area contributed by atoms with Crippen LogP contribution in [0.3, 0.4) is 0 Å². The van der Waals surface area contributed by atoms with Crippen molar-refractivity contribution >= 4 is 5.91 Å². The zero-order valence-electron chi connectivity index (χ0n) is 10.5. The topological polar surface area (TPSA) is 33.2 Å². The number of hydrogen-bond donors (Lipinski definition) is 0. The van der Waals surface area contributed by atoms with Crippen LogP contribution in [0.1, 0.15) is 26.3 Å². The summed E-state index contributed by atoms with van der Waals surface area (Å²) in [6.07, 6.45) is 4.45. The average Bonchev–Trinajstić information content (AvgIpc) is 2.25. The van der Waals surface area contributed by atoms with E-state index in [1.54, 1.807) is 11.1 Å². The molecular weight excluding hydrogens is 200 g/mol. The Kier molecular flexibility index (Phi) is 4.05. The monoisotopic (exact) mass is 220 g/mol. The fourth-order valence-corrected chi connectivity index (χ4v) is 1.52. The molecule has 3 nitrogen and oxygen atoms in total. The molecule has 0 bridgehead atoms. The van der Waals surface area contributed by atoms with Crippen molar-refractivity contribution in [3.8, 4) is 0 Å². The van der Waals surface area contributed by atoms with Crippen molar-refractivity contribution in [1.29, 1.82) is 0 Å². The first-order valence-electron chi connectivity index (χ1n) is 5.56. The first-order valence-corrected chi connectivity index (χ1v) is 5.56. The van der Waals surface area contributed by atoms with Crippen LogP contribution in [-0.2, 0) is 11.2 Å². The van der Waals surface area contributed by atoms with Gasteiger partial charge in [0, 0.05) is 31.4 Å². The van der Waals surface area contributed by atoms with E-state index in [0.29, 0.717) is 0 Å². The predicted octanol–water partition coefficient (Wildman–Crippen LogP) is 2.13. The minimum Gasteiger partial charge on any atom is -0.345 e. The van der Waals surface area contributed by atoms with E-state index >= 15 is 0 Å². The summed E-state index contributed by atoms with van der Waals surface area (Å²) in [5.74, 6) is 0.177. The molecule has 3 heteroatoms. The van der Waals surface area contributed by atoms with Crippen LogP contribution in [0.4, 0.5) is 0 Å². The molecule has 1 amide bonds. The van der Waals surface area contributed by atoms with Crippen LogP contribution in [0, 0.1) is 5.41 Å². The lowest BCUT2D eigenvalue weighted by Gasteiger charge is -2.25. The second-order valence-electron chi connectivity index (χ2n) is 5.09. The van der Waals surface area contributed by atoms with Gasteiger partial charge < -0.3 is 4.90 Å². The lowest BCUT2D eigenvalue weighted by molar-refractivity contribution is -0.138. The van der Waals surface area contributed by atoms with Crippen LogP contribution in [0.15, 0.2) is 24.5 Å². The second-order valence-corrected chi connectivity index (χ2v) is 5.09. The molecule has 0 saturated heterocycles. The maximum atomic E-state index is 11.9. The first kappa shape index (κ1) is 12.7. The van der Waals surface area contributed by atoms with Crippen molar-refractivity contribution in [3.63, 3.8) is 0 Å². The van der Waals surface area contributed by atoms with E-state index in [1.165, 1.54) is 0 Å². The molecule has 16 heavy (non-hydrogen) atoms. The molecule has 1 rings (SSSR count). The Morgan fingerprint density at radius 3 is 2.62 bits per heavy atom. The maximum Gasteiger partial charge on any atom is 0.227 e. The third-order valence-corrected chi connectivity index (χ3v) is 2.45. The molecule has 0 radical (unpaired) electrons. The van der Waals surface area contributed by atoms with Crippen molar-refractivity contribution < 1.29 is 4.79 Å². The predicted molar refractivity (Wildman–Crippen MR) is 65.0 cm³/mol. The Balaban J connectivity index is 2.48. The minimum atomic E-state index is -0.302. The van der Waals surface area contributed by atoms with Gasteiger partial charge >= 0.3 is 0 Å². The number of aromatic nitrogens is 1. The van der Waals surface area contributed by atoms with Crippen molar-refractivity contribution in [2.75, 3.05) is 13.6 Å². The summed E-state index contributed by atoms with van der Waals surface area (Å²) in [7, 11) is 1.85. The number of hydrogen-bond acceptors (Lipinski definition) is 2. The molecule has 0 unspecified atom stereocenters. The average molecular weight is 220 g/mol. The molecule has 0 fully saturated rings. The van der Waals surface area contributed by atoms with Gasteiger partial charge in [-0.15, -0.1) is 0 Å². The summed E-state index contributed by atoms with van der Waals surface area (Å²) in [6, 6.07) is 3.95. The van der Waals surface area contributed by atoms with Gasteiger partial charge in [-0.1, -0.05) is 26.8 Å². The van der Waals surface area contributed by atoms with Gasteiger partial charge in [0.2, 0.25) is 5.91 Å². The van der Waals surface area contributed by atoms with Crippen molar-refractivity contribution in [2.24, 2.45) is 5.41 Å². The van der Waals surface area contributed by atoms with Crippen LogP contribution >= 0.6 is 0 Å². The zero-order chi connectivity index (χ0) is 12.2. The fourth-order valence-electron chi connectivity index (χ4n) is 1.52. The normalized spacial score (nSPS) is 11.2. The second kappa shape index (κ2) is 5.10. The Bertz CT molecular complexity index is 341. The van der Waals surface area contributed by atoms with Crippen molar-refractivity contribution in [1.82, 2.24) is 9.88 Å². The summed E-state index contributed by atoms with van der Waals surface area (Å²) >= 11 is 0. The summed E-state index contributed by atoms with van der Waals surface area (Å²) in [4.78, 5) is 17.7. The first-order chi connectivity index (χ1) is 7.41. The SMILES string of the molecule is CN(CCc1cccnc1)C(=O)C(C)(C)C. The molecule has 0 aliphatic carbocycles. The van der Waals surface area contributed by atoms with Gasteiger partial charge in [-0.05, 0) is 18.1 Å². The van der Waals surface area contributed by atoms with E-state index in [0.717, 1.165) is 18.5 Å². The quantitative estimate of drug-likeness (QED) is 0.781. The molecule has 0 spiro atoms. The van der Waals surface area contributed by atoms with E-state index in [1.807, 2.05) is 46.1 Å². The fraction of sp³-hybridized carbons (Fsp3) is 0.538. The van der Waals surface area contributed by atoms with Gasteiger partial charge in [0.25, 0.3) is 0 Å². The Morgan fingerprint density at radius 1 is 1.44 bits per heavy atom. The highest BCUT2D eigenvalue weighted by Crippen LogP contribution is 2.16. The summed E-state index contributed by atoms with van der Waals surface area (Å²) in [5, 5.41) is 0. The lowest BCUT2D eigenvalue weighted by Crippen LogP contribution is -2.37. The molecule has 1 aromatic rings. The smallest absolute Gasteiger partial charge is 0.227 e. The number of rotatable bonds is 3. The van der Waals surface area contributed by atoms with Crippen LogP contribution in [0.25, 0.3) is 0 Å². The zero-order valence-corrected chi connectivity index (χ0v) is 10.5. The van der Waals surface area contributed by atoms with Gasteiger partial charge in [-0.3, -0.25) is 9.78 Å². The Morgan fingerprint density at radius 2 is 2.12 bits per heavy atom. The number of amides is 1. The molecule has 0 aliphatic heterocycles. The third-order valence-electron chi connectivity index (χ3n) is 2.45. The Labute approximate surface area is 97.5 Å². The number of carbonyl (C=O) groups is 1. The molecule has 0 aromatic carbocycles. The highest BCUT2D eigenvalue weighted by Gasteiger charge is 2.24. The molecule has 0 aliphatic rings. The molecule has 1 aromatic heterocycles. The maximum absolute atomic E-state index is 11.9. The lowest BCUT2D eigenvalue weighted by atomic mass is 9.95. The molecule has 88 valence electrons. The molecule has 0 N–H and O–H groups in total. The van der Waals surface area contributed by atoms with E-state index in [9.17, 15) is 4.79 Å². The van der Waals surface area contributed by atoms with Crippen molar-refractivity contribution in [2.45, 2.75) is 27.2 Å². The molecule has 0 saturated carbocycles. The highest BCUT2D eigenvalue weighted by molar-refractivity contribution is 5.81. The highest BCUT2D eigenvalue weighted by atomic mass is 16.2. The number of nitrogens with zero attached hydrogens (tertiary/aromatic N) is 2. The van der Waals surface area contributed by atoms with Gasteiger partial charge in [0.05, 0.1) is 0 Å². The molecule has 1 heterocycles. The van der Waals surface area contributed by atoms with Gasteiger partial charge in [-0.2, -0.15) is 0 Å². The van der Waals surface area contributed by atoms with Crippen molar-refractivity contribution in [3.05, 3.63) is 30.1 Å². The van der Waals surface area contributed by atoms with Crippen LogP contribution in [0.2, 0.25) is 0 Å². The number of pyridine rings is 1. The summed E-state index contributed by atoms with van der Waals surface area (Å²) < 4.78 is 0. The minimum absolute atomic E-state index is 0.177. The Hall–Kier alpha value is -1.38. The molecule has 0 atom stereocenters. The third kappa shape index (κ3) is 3.65. The number of likely N-dealkylation sites (N-methyl/N-ethyl adjacent to an activating group) is 1. The van der Waals surface area contributed by atoms with Crippen LogP contribution in [0.5, 0.6) is 0 Å². The largest absolute Gasteiger partial charge is 0.345 e. The van der Waals surface area contributed by atoms with Gasteiger partial charge in [-0.25, -0.2) is 0 Å². The summed E-state index contributed by atoms with van der Waals surface area (Å²) in [5.41, 5.74) is 0.861. The van der Waals surface area contributed by atoms with Gasteiger partial charge in [0.15, 0.2) is 0 Å². The number of carbonyl (C=O) groups excluding carboxylic acids is 1. The van der Waals surface area contributed by atoms with E-state index < -0.39 is 0 Å². The van der Waals surface area contributed by atoms with Crippen LogP contribution in [-0.4, -0.2) is 29.4 Å². The molecular formula is C13H20N2O. The van der Waals surface area contributed by atoms with E-state index in [4.69, 9.17) is 0 Å². The van der Waals surface area contributed by atoms with Gasteiger partial charge in [0.1, 0.15) is 0 Å².